The van der Waals surface area contributed by atoms with E-state index in [4.69, 9.17) is 0 Å². The van der Waals surface area contributed by atoms with Crippen LogP contribution in [0.5, 0.6) is 0 Å². The number of carbonyl (C=O) groups excluding carboxylic acids is 1. The van der Waals surface area contributed by atoms with E-state index >= 15 is 0 Å². The lowest BCUT2D eigenvalue weighted by Gasteiger charge is -2.28. The number of aromatic nitrogens is 2. The number of sulfonamides is 1. The third-order valence-electron chi connectivity index (χ3n) is 5.61. The minimum Gasteiger partial charge on any atom is -0.312 e. The van der Waals surface area contributed by atoms with Gasteiger partial charge in [-0.2, -0.15) is 9.40 Å². The SMILES string of the molecule is Cn1ccc(C2CCCCCN2S(=O)(=O)c2ccc(N3CCCC3=O)cc2)n1. The number of nitrogens with zero attached hydrogens (tertiary/aromatic N) is 4. The van der Waals surface area contributed by atoms with Crippen LogP contribution in [0.15, 0.2) is 41.4 Å². The Morgan fingerprint density at radius 3 is 2.43 bits per heavy atom. The normalized spacial score (nSPS) is 21.8. The molecule has 2 aliphatic heterocycles. The van der Waals surface area contributed by atoms with Gasteiger partial charge in [0.05, 0.1) is 16.6 Å². The molecule has 1 unspecified atom stereocenters. The van der Waals surface area contributed by atoms with Gasteiger partial charge in [-0.1, -0.05) is 12.8 Å². The molecule has 4 rings (SSSR count). The number of aryl methyl sites for hydroxylation is 1. The first-order valence-corrected chi connectivity index (χ1v) is 11.3. The van der Waals surface area contributed by atoms with Gasteiger partial charge in [0, 0.05) is 38.4 Å². The molecule has 1 aromatic carbocycles. The molecule has 8 heteroatoms. The molecule has 2 saturated heterocycles. The highest BCUT2D eigenvalue weighted by Gasteiger charge is 2.34. The molecule has 0 bridgehead atoms. The Hall–Kier alpha value is -2.19. The van der Waals surface area contributed by atoms with E-state index in [0.717, 1.165) is 43.5 Å². The smallest absolute Gasteiger partial charge is 0.243 e. The van der Waals surface area contributed by atoms with Crippen LogP contribution in [0.2, 0.25) is 0 Å². The maximum Gasteiger partial charge on any atom is 0.243 e. The van der Waals surface area contributed by atoms with E-state index in [1.807, 2.05) is 19.3 Å². The maximum atomic E-state index is 13.4. The topological polar surface area (TPSA) is 75.5 Å². The van der Waals surface area contributed by atoms with Gasteiger partial charge in [-0.05, 0) is 49.6 Å². The van der Waals surface area contributed by atoms with Gasteiger partial charge in [-0.3, -0.25) is 9.48 Å². The van der Waals surface area contributed by atoms with Crippen LogP contribution < -0.4 is 4.90 Å². The molecule has 0 saturated carbocycles. The third-order valence-corrected chi connectivity index (χ3v) is 7.53. The van der Waals surface area contributed by atoms with Gasteiger partial charge in [0.2, 0.25) is 15.9 Å². The van der Waals surface area contributed by atoms with Gasteiger partial charge in [-0.25, -0.2) is 8.42 Å². The second-order valence-corrected chi connectivity index (χ2v) is 9.43. The van der Waals surface area contributed by atoms with Gasteiger partial charge in [0.25, 0.3) is 0 Å². The highest BCUT2D eigenvalue weighted by atomic mass is 32.2. The quantitative estimate of drug-likeness (QED) is 0.788. The van der Waals surface area contributed by atoms with Gasteiger partial charge in [-0.15, -0.1) is 0 Å². The molecule has 3 heterocycles. The van der Waals surface area contributed by atoms with Crippen molar-refractivity contribution in [1.29, 1.82) is 0 Å². The van der Waals surface area contributed by atoms with Crippen molar-refractivity contribution >= 4 is 21.6 Å². The summed E-state index contributed by atoms with van der Waals surface area (Å²) in [4.78, 5) is 13.9. The first-order chi connectivity index (χ1) is 13.5. The second-order valence-electron chi connectivity index (χ2n) is 7.54. The molecular weight excluding hydrogens is 376 g/mol. The molecule has 0 radical (unpaired) electrons. The van der Waals surface area contributed by atoms with Crippen LogP contribution in [-0.4, -0.2) is 41.5 Å². The average Bonchev–Trinajstić information content (AvgIpc) is 3.22. The largest absolute Gasteiger partial charge is 0.312 e. The molecule has 7 nitrogen and oxygen atoms in total. The summed E-state index contributed by atoms with van der Waals surface area (Å²) in [6.45, 7) is 1.19. The Morgan fingerprint density at radius 2 is 1.79 bits per heavy atom. The van der Waals surface area contributed by atoms with Gasteiger partial charge < -0.3 is 4.90 Å². The van der Waals surface area contributed by atoms with Crippen molar-refractivity contribution in [3.8, 4) is 0 Å². The summed E-state index contributed by atoms with van der Waals surface area (Å²) >= 11 is 0. The number of anilines is 1. The van der Waals surface area contributed by atoms with Crippen molar-refractivity contribution < 1.29 is 13.2 Å². The Morgan fingerprint density at radius 1 is 1.00 bits per heavy atom. The van der Waals surface area contributed by atoms with Crippen LogP contribution in [0.4, 0.5) is 5.69 Å². The molecule has 0 spiro atoms. The maximum absolute atomic E-state index is 13.4. The van der Waals surface area contributed by atoms with E-state index < -0.39 is 10.0 Å². The van der Waals surface area contributed by atoms with Crippen LogP contribution in [0.25, 0.3) is 0 Å². The van der Waals surface area contributed by atoms with Crippen LogP contribution in [0.1, 0.15) is 50.3 Å². The summed E-state index contributed by atoms with van der Waals surface area (Å²) in [5, 5.41) is 4.47. The van der Waals surface area contributed by atoms with Crippen LogP contribution in [0.3, 0.4) is 0 Å². The molecule has 1 aromatic heterocycles. The minimum atomic E-state index is -3.65. The molecule has 28 heavy (non-hydrogen) atoms. The van der Waals surface area contributed by atoms with Gasteiger partial charge >= 0.3 is 0 Å². The van der Waals surface area contributed by atoms with E-state index in [1.165, 1.54) is 0 Å². The van der Waals surface area contributed by atoms with Gasteiger partial charge in [0.15, 0.2) is 0 Å². The van der Waals surface area contributed by atoms with Crippen molar-refractivity contribution in [3.63, 3.8) is 0 Å². The Balaban J connectivity index is 1.64. The zero-order chi connectivity index (χ0) is 19.7. The van der Waals surface area contributed by atoms with Crippen molar-refractivity contribution in [3.05, 3.63) is 42.2 Å². The predicted molar refractivity (Wildman–Crippen MR) is 106 cm³/mol. The van der Waals surface area contributed by atoms with E-state index in [9.17, 15) is 13.2 Å². The van der Waals surface area contributed by atoms with Crippen LogP contribution >= 0.6 is 0 Å². The molecule has 2 fully saturated rings. The van der Waals surface area contributed by atoms with E-state index in [1.54, 1.807) is 38.2 Å². The summed E-state index contributed by atoms with van der Waals surface area (Å²) in [6.07, 6.45) is 6.89. The van der Waals surface area contributed by atoms with Crippen molar-refractivity contribution in [2.45, 2.75) is 49.5 Å². The summed E-state index contributed by atoms with van der Waals surface area (Å²) in [5.41, 5.74) is 1.56. The fraction of sp³-hybridized carbons (Fsp3) is 0.500. The monoisotopic (exact) mass is 402 g/mol. The van der Waals surface area contributed by atoms with Crippen LogP contribution in [0, 0.1) is 0 Å². The predicted octanol–water partition coefficient (Wildman–Crippen LogP) is 2.85. The molecule has 0 N–H and O–H groups in total. The summed E-state index contributed by atoms with van der Waals surface area (Å²) in [6, 6.07) is 8.38. The minimum absolute atomic E-state index is 0.0957. The van der Waals surface area contributed by atoms with Crippen molar-refractivity contribution in [1.82, 2.24) is 14.1 Å². The van der Waals surface area contributed by atoms with Crippen LogP contribution in [-0.2, 0) is 21.9 Å². The van der Waals surface area contributed by atoms with Crippen molar-refractivity contribution in [2.24, 2.45) is 7.05 Å². The average molecular weight is 403 g/mol. The lowest BCUT2D eigenvalue weighted by Crippen LogP contribution is -2.35. The lowest BCUT2D eigenvalue weighted by atomic mass is 10.1. The van der Waals surface area contributed by atoms with E-state index in [-0.39, 0.29) is 16.8 Å². The number of benzene rings is 1. The molecule has 2 aliphatic rings. The molecule has 1 atom stereocenters. The fourth-order valence-corrected chi connectivity index (χ4v) is 5.80. The zero-order valence-corrected chi connectivity index (χ0v) is 16.9. The molecule has 2 aromatic rings. The molecule has 1 amide bonds. The third kappa shape index (κ3) is 3.58. The fourth-order valence-electron chi connectivity index (χ4n) is 4.13. The number of rotatable bonds is 4. The first kappa shape index (κ1) is 19.1. The highest BCUT2D eigenvalue weighted by molar-refractivity contribution is 7.89. The number of amides is 1. The lowest BCUT2D eigenvalue weighted by molar-refractivity contribution is -0.117. The number of hydrogen-bond donors (Lipinski definition) is 0. The molecule has 0 aliphatic carbocycles. The molecular formula is C20H26N4O3S. The number of hydrogen-bond acceptors (Lipinski definition) is 4. The summed E-state index contributed by atoms with van der Waals surface area (Å²) in [5.74, 6) is 0.0957. The summed E-state index contributed by atoms with van der Waals surface area (Å²) < 4.78 is 30.2. The first-order valence-electron chi connectivity index (χ1n) is 9.88. The Bertz CT molecular complexity index is 952. The standard InChI is InChI=1S/C20H26N4O3S/c1-22-15-12-18(21-22)19-6-3-2-4-14-24(19)28(26,27)17-10-8-16(9-11-17)23-13-5-7-20(23)25/h8-12,15,19H,2-7,13-14H2,1H3. The zero-order valence-electron chi connectivity index (χ0n) is 16.1. The van der Waals surface area contributed by atoms with Gasteiger partial charge in [0.1, 0.15) is 0 Å². The van der Waals surface area contributed by atoms with E-state index in [2.05, 4.69) is 5.10 Å². The Labute approximate surface area is 166 Å². The van der Waals surface area contributed by atoms with E-state index in [0.29, 0.717) is 19.5 Å². The summed E-state index contributed by atoms with van der Waals surface area (Å²) in [7, 11) is -1.80. The Kier molecular flexibility index (Phi) is 5.25. The second kappa shape index (κ2) is 7.67. The molecule has 150 valence electrons. The highest BCUT2D eigenvalue weighted by Crippen LogP contribution is 2.34. The number of carbonyl (C=O) groups is 1. The van der Waals surface area contributed by atoms with Crippen molar-refractivity contribution in [2.75, 3.05) is 18.0 Å².